The van der Waals surface area contributed by atoms with Gasteiger partial charge < -0.3 is 20.1 Å². The summed E-state index contributed by atoms with van der Waals surface area (Å²) in [5.74, 6) is 1.16. The first-order valence-corrected chi connectivity index (χ1v) is 13.4. The van der Waals surface area contributed by atoms with Gasteiger partial charge in [0.05, 0.1) is 15.3 Å². The van der Waals surface area contributed by atoms with Crippen LogP contribution in [-0.4, -0.2) is 39.2 Å². The summed E-state index contributed by atoms with van der Waals surface area (Å²) in [5, 5.41) is 10.4. The van der Waals surface area contributed by atoms with E-state index in [2.05, 4.69) is 25.1 Å². The minimum atomic E-state index is -3.83. The van der Waals surface area contributed by atoms with Crippen LogP contribution in [0.1, 0.15) is 17.9 Å². The third-order valence-corrected chi connectivity index (χ3v) is 7.87. The van der Waals surface area contributed by atoms with Crippen molar-refractivity contribution in [3.8, 4) is 0 Å². The highest BCUT2D eigenvalue weighted by Crippen LogP contribution is 2.25. The van der Waals surface area contributed by atoms with Crippen LogP contribution in [0.4, 0.5) is 17.3 Å². The molecule has 186 valence electrons. The Labute approximate surface area is 202 Å². The monoisotopic (exact) mass is 520 g/mol. The highest BCUT2D eigenvalue weighted by atomic mass is 32.2. The van der Waals surface area contributed by atoms with Crippen molar-refractivity contribution in [2.75, 3.05) is 21.3 Å². The fourth-order valence-corrected chi connectivity index (χ4v) is 5.27. The molecule has 1 aromatic carbocycles. The van der Waals surface area contributed by atoms with Gasteiger partial charge in [-0.1, -0.05) is 22.5 Å². The maximum atomic E-state index is 12.6. The van der Waals surface area contributed by atoms with Crippen LogP contribution in [0.25, 0.3) is 0 Å². The molecule has 0 radical (unpaired) electrons. The quantitative estimate of drug-likeness (QED) is 0.327. The zero-order chi connectivity index (χ0) is 25.3. The van der Waals surface area contributed by atoms with Crippen LogP contribution in [0, 0.1) is 13.8 Å². The van der Waals surface area contributed by atoms with E-state index in [1.54, 1.807) is 32.1 Å². The molecular weight excluding hydrogens is 496 g/mol. The van der Waals surface area contributed by atoms with Gasteiger partial charge in [-0.2, -0.15) is 0 Å². The van der Waals surface area contributed by atoms with Gasteiger partial charge in [0.15, 0.2) is 11.6 Å². The highest BCUT2D eigenvalue weighted by Gasteiger charge is 2.27. The second kappa shape index (κ2) is 9.20. The van der Waals surface area contributed by atoms with Crippen molar-refractivity contribution in [2.24, 2.45) is 5.73 Å². The number of nitrogens with two attached hydrogens (primary N) is 1. The Hall–Kier alpha value is -3.62. The lowest BCUT2D eigenvalue weighted by Gasteiger charge is -2.28. The summed E-state index contributed by atoms with van der Waals surface area (Å²) < 4.78 is 64.5. The van der Waals surface area contributed by atoms with Crippen LogP contribution >= 0.6 is 0 Å². The molecule has 2 heterocycles. The van der Waals surface area contributed by atoms with Crippen LogP contribution in [0.2, 0.25) is 0 Å². The number of aromatic nitrogens is 2. The molecule has 0 amide bonds. The van der Waals surface area contributed by atoms with Crippen LogP contribution in [0.15, 0.2) is 73.5 Å². The number of rotatable bonds is 9. The molecule has 0 bridgehead atoms. The molecule has 5 N–H and O–H groups in total. The summed E-state index contributed by atoms with van der Waals surface area (Å²) in [6.45, 7) is 3.60. The molecule has 1 unspecified atom stereocenters. The maximum absolute atomic E-state index is 12.6. The third-order valence-electron chi connectivity index (χ3n) is 5.09. The molecule has 3 aromatic rings. The zero-order valence-corrected chi connectivity index (χ0v) is 20.5. The van der Waals surface area contributed by atoms with Gasteiger partial charge in [0.1, 0.15) is 11.5 Å². The Balaban J connectivity index is 1.35. The fourth-order valence-electron chi connectivity index (χ4n) is 3.25. The lowest BCUT2D eigenvalue weighted by Crippen LogP contribution is -2.45. The van der Waals surface area contributed by atoms with E-state index in [0.29, 0.717) is 17.2 Å². The Morgan fingerprint density at radius 1 is 0.943 bits per heavy atom. The van der Waals surface area contributed by atoms with Crippen LogP contribution < -0.4 is 20.5 Å². The number of aryl methyl sites for hydroxylation is 2. The van der Waals surface area contributed by atoms with E-state index in [4.69, 9.17) is 14.8 Å². The van der Waals surface area contributed by atoms with E-state index < -0.39 is 25.6 Å². The molecule has 1 atom stereocenters. The average molecular weight is 521 g/mol. The number of nitrogens with one attached hydrogen (secondary N) is 3. The van der Waals surface area contributed by atoms with Gasteiger partial charge in [-0.05, 0) is 50.6 Å². The normalized spacial score (nSPS) is 18.2. The fraction of sp³-hybridized carbons (Fsp3) is 0.238. The number of sulfonamides is 2. The first-order chi connectivity index (χ1) is 16.4. The van der Waals surface area contributed by atoms with Crippen molar-refractivity contribution in [3.05, 3.63) is 71.1 Å². The van der Waals surface area contributed by atoms with Crippen molar-refractivity contribution in [1.29, 1.82) is 0 Å². The van der Waals surface area contributed by atoms with E-state index in [1.807, 2.05) is 0 Å². The van der Waals surface area contributed by atoms with Crippen molar-refractivity contribution in [3.63, 3.8) is 0 Å². The van der Waals surface area contributed by atoms with Gasteiger partial charge in [0.25, 0.3) is 20.0 Å². The molecule has 2 aromatic heterocycles. The van der Waals surface area contributed by atoms with E-state index >= 15 is 0 Å². The molecule has 14 heteroatoms. The first-order valence-electron chi connectivity index (χ1n) is 10.4. The summed E-state index contributed by atoms with van der Waals surface area (Å²) in [4.78, 5) is 0.125. The first kappa shape index (κ1) is 24.5. The zero-order valence-electron chi connectivity index (χ0n) is 18.8. The summed E-state index contributed by atoms with van der Waals surface area (Å²) >= 11 is 0. The molecule has 0 fully saturated rings. The SMILES string of the molecule is Cc1cc(NS(=O)(=O)C2=CCC(N)(CNc3ccc(S(=O)(=O)Nc4cc(C)on4)cc3)C=C2)no1. The Morgan fingerprint density at radius 3 is 2.00 bits per heavy atom. The molecule has 0 saturated heterocycles. The Bertz CT molecular complexity index is 1490. The minimum absolute atomic E-state index is 0.0521. The highest BCUT2D eigenvalue weighted by molar-refractivity contribution is 7.96. The lowest BCUT2D eigenvalue weighted by atomic mass is 9.92. The summed E-state index contributed by atoms with van der Waals surface area (Å²) in [6.07, 6.45) is 4.85. The number of hydrogen-bond donors (Lipinski definition) is 4. The minimum Gasteiger partial charge on any atom is -0.383 e. The Kier molecular flexibility index (Phi) is 6.44. The van der Waals surface area contributed by atoms with E-state index in [-0.39, 0.29) is 34.4 Å². The maximum Gasteiger partial charge on any atom is 0.263 e. The van der Waals surface area contributed by atoms with Gasteiger partial charge in [-0.25, -0.2) is 16.8 Å². The van der Waals surface area contributed by atoms with Crippen molar-refractivity contribution in [2.45, 2.75) is 30.7 Å². The van der Waals surface area contributed by atoms with Crippen molar-refractivity contribution < 1.29 is 25.9 Å². The molecule has 1 aliphatic rings. The molecule has 12 nitrogen and oxygen atoms in total. The number of benzene rings is 1. The lowest BCUT2D eigenvalue weighted by molar-refractivity contribution is 0.400. The number of allylic oxidation sites excluding steroid dienone is 1. The summed E-state index contributed by atoms with van der Waals surface area (Å²) in [7, 11) is -7.65. The molecular formula is C21H24N6O6S2. The van der Waals surface area contributed by atoms with E-state index in [1.165, 1.54) is 36.4 Å². The van der Waals surface area contributed by atoms with E-state index in [0.717, 1.165) is 0 Å². The molecule has 0 spiro atoms. The standard InChI is InChI=1S/C21H24N6O6S2/c1-14-11-19(24-32-14)26-34(28,29)17-5-3-16(4-6-17)23-13-21(22)9-7-18(8-10-21)35(30,31)27-20-12-15(2)33-25-20/h3-9,11-12,23H,10,13,22H2,1-2H3,(H,24,26)(H,25,27). The van der Waals surface area contributed by atoms with Gasteiger partial charge in [0, 0.05) is 24.4 Å². The third kappa shape index (κ3) is 5.90. The molecule has 35 heavy (non-hydrogen) atoms. The van der Waals surface area contributed by atoms with Crippen LogP contribution in [-0.2, 0) is 20.0 Å². The van der Waals surface area contributed by atoms with Crippen LogP contribution in [0.5, 0.6) is 0 Å². The van der Waals surface area contributed by atoms with Crippen molar-refractivity contribution >= 4 is 37.4 Å². The Morgan fingerprint density at radius 2 is 1.51 bits per heavy atom. The predicted octanol–water partition coefficient (Wildman–Crippen LogP) is 2.48. The molecule has 0 aliphatic heterocycles. The van der Waals surface area contributed by atoms with E-state index in [9.17, 15) is 16.8 Å². The second-order valence-electron chi connectivity index (χ2n) is 8.11. The van der Waals surface area contributed by atoms with Gasteiger partial charge in [-0.3, -0.25) is 9.44 Å². The summed E-state index contributed by atoms with van der Waals surface area (Å²) in [6, 6.07) is 9.05. The van der Waals surface area contributed by atoms with Crippen molar-refractivity contribution in [1.82, 2.24) is 10.3 Å². The second-order valence-corrected chi connectivity index (χ2v) is 11.5. The van der Waals surface area contributed by atoms with Crippen LogP contribution in [0.3, 0.4) is 0 Å². The number of anilines is 3. The van der Waals surface area contributed by atoms with Gasteiger partial charge in [-0.15, -0.1) is 0 Å². The molecule has 0 saturated carbocycles. The molecule has 1 aliphatic carbocycles. The number of hydrogen-bond acceptors (Lipinski definition) is 10. The largest absolute Gasteiger partial charge is 0.383 e. The topological polar surface area (TPSA) is 182 Å². The number of nitrogens with zero attached hydrogens (tertiary/aromatic N) is 2. The van der Waals surface area contributed by atoms with Gasteiger partial charge >= 0.3 is 0 Å². The summed E-state index contributed by atoms with van der Waals surface area (Å²) in [5.41, 5.74) is 6.19. The average Bonchev–Trinajstić information content (AvgIpc) is 3.39. The predicted molar refractivity (Wildman–Crippen MR) is 130 cm³/mol. The van der Waals surface area contributed by atoms with Gasteiger partial charge in [0.2, 0.25) is 0 Å². The molecule has 4 rings (SSSR count). The smallest absolute Gasteiger partial charge is 0.263 e.